The Morgan fingerprint density at radius 2 is 1.60 bits per heavy atom. The van der Waals surface area contributed by atoms with Crippen LogP contribution in [0.15, 0.2) is 54.9 Å². The fraction of sp³-hybridized carbons (Fsp3) is 0.400. The van der Waals surface area contributed by atoms with E-state index < -0.39 is 17.4 Å². The van der Waals surface area contributed by atoms with Gasteiger partial charge in [0.25, 0.3) is 11.8 Å². The van der Waals surface area contributed by atoms with E-state index in [4.69, 9.17) is 9.47 Å². The minimum Gasteiger partial charge on any atom is -0.497 e. The summed E-state index contributed by atoms with van der Waals surface area (Å²) in [6.07, 6.45) is 2.18. The predicted molar refractivity (Wildman–Crippen MR) is 150 cm³/mol. The first kappa shape index (κ1) is 28.7. The molecule has 0 bridgehead atoms. The van der Waals surface area contributed by atoms with E-state index in [9.17, 15) is 14.4 Å². The van der Waals surface area contributed by atoms with Crippen LogP contribution in [0.25, 0.3) is 0 Å². The molecule has 3 aromatic rings. The standard InChI is InChI=1S/C30H37N5O5/c1-6-15-35-28(37)26-25(27(36)31-16-21-9-13-24(14-10-21)40-20(2)3)33-19-34(26)18-30(35,4)29(38)32-17-22-7-11-23(39-5)12-8-22/h7-14,19-20H,6,15-18H2,1-5H3,(H,31,36)(H,32,38)/t30-/m1/s1. The highest BCUT2D eigenvalue weighted by atomic mass is 16.5. The number of nitrogens with one attached hydrogen (secondary N) is 2. The van der Waals surface area contributed by atoms with Crippen molar-refractivity contribution in [3.8, 4) is 11.5 Å². The van der Waals surface area contributed by atoms with Gasteiger partial charge < -0.3 is 29.6 Å². The smallest absolute Gasteiger partial charge is 0.273 e. The normalized spacial score (nSPS) is 16.4. The Bertz CT molecular complexity index is 1350. The number of amides is 3. The molecule has 1 aromatic heterocycles. The number of hydrogen-bond donors (Lipinski definition) is 2. The van der Waals surface area contributed by atoms with Crippen LogP contribution in [-0.2, 0) is 24.4 Å². The Hall–Kier alpha value is -4.34. The minimum atomic E-state index is -1.15. The van der Waals surface area contributed by atoms with Crippen LogP contribution in [0.5, 0.6) is 11.5 Å². The Morgan fingerprint density at radius 1 is 1.00 bits per heavy atom. The molecule has 10 heteroatoms. The third-order valence-electron chi connectivity index (χ3n) is 6.87. The lowest BCUT2D eigenvalue weighted by atomic mass is 9.93. The monoisotopic (exact) mass is 547 g/mol. The summed E-state index contributed by atoms with van der Waals surface area (Å²) in [5.41, 5.74) is 0.878. The van der Waals surface area contributed by atoms with Crippen molar-refractivity contribution in [3.63, 3.8) is 0 Å². The molecule has 212 valence electrons. The maximum Gasteiger partial charge on any atom is 0.273 e. The van der Waals surface area contributed by atoms with Crippen molar-refractivity contribution in [1.29, 1.82) is 0 Å². The van der Waals surface area contributed by atoms with Gasteiger partial charge in [0.1, 0.15) is 22.7 Å². The highest BCUT2D eigenvalue weighted by molar-refractivity contribution is 6.07. The summed E-state index contributed by atoms with van der Waals surface area (Å²) in [6.45, 7) is 8.73. The summed E-state index contributed by atoms with van der Waals surface area (Å²) >= 11 is 0. The molecule has 2 heterocycles. The lowest BCUT2D eigenvalue weighted by molar-refractivity contribution is -0.133. The van der Waals surface area contributed by atoms with Gasteiger partial charge in [0, 0.05) is 19.6 Å². The number of nitrogens with zero attached hydrogens (tertiary/aromatic N) is 3. The Morgan fingerprint density at radius 3 is 2.17 bits per heavy atom. The lowest BCUT2D eigenvalue weighted by Crippen LogP contribution is -2.64. The molecule has 0 saturated carbocycles. The van der Waals surface area contributed by atoms with Crippen molar-refractivity contribution in [2.45, 2.75) is 65.4 Å². The number of ether oxygens (including phenoxy) is 2. The molecule has 2 N–H and O–H groups in total. The van der Waals surface area contributed by atoms with Crippen LogP contribution in [0.3, 0.4) is 0 Å². The fourth-order valence-corrected chi connectivity index (χ4v) is 4.77. The Labute approximate surface area is 234 Å². The highest BCUT2D eigenvalue weighted by Crippen LogP contribution is 2.29. The number of benzene rings is 2. The molecular weight excluding hydrogens is 510 g/mol. The van der Waals surface area contributed by atoms with E-state index in [0.717, 1.165) is 22.6 Å². The second-order valence-electron chi connectivity index (χ2n) is 10.3. The van der Waals surface area contributed by atoms with Crippen molar-refractivity contribution in [2.75, 3.05) is 13.7 Å². The van der Waals surface area contributed by atoms with Gasteiger partial charge in [-0.05, 0) is 62.6 Å². The van der Waals surface area contributed by atoms with E-state index in [1.165, 1.54) is 6.33 Å². The molecule has 0 fully saturated rings. The maximum absolute atomic E-state index is 13.7. The quantitative estimate of drug-likeness (QED) is 0.380. The zero-order valence-electron chi connectivity index (χ0n) is 23.7. The highest BCUT2D eigenvalue weighted by Gasteiger charge is 2.48. The average Bonchev–Trinajstić information content (AvgIpc) is 3.37. The summed E-state index contributed by atoms with van der Waals surface area (Å²) in [6, 6.07) is 14.9. The maximum atomic E-state index is 13.7. The third-order valence-corrected chi connectivity index (χ3v) is 6.87. The van der Waals surface area contributed by atoms with E-state index in [2.05, 4.69) is 15.6 Å². The van der Waals surface area contributed by atoms with E-state index in [1.54, 1.807) is 23.5 Å². The van der Waals surface area contributed by atoms with Crippen molar-refractivity contribution in [3.05, 3.63) is 77.4 Å². The molecular formula is C30H37N5O5. The molecule has 2 aromatic carbocycles. The predicted octanol–water partition coefficient (Wildman–Crippen LogP) is 3.55. The first-order valence-electron chi connectivity index (χ1n) is 13.5. The van der Waals surface area contributed by atoms with Gasteiger partial charge in [-0.3, -0.25) is 14.4 Å². The Kier molecular flexibility index (Phi) is 8.77. The van der Waals surface area contributed by atoms with Crippen LogP contribution in [0.1, 0.15) is 66.2 Å². The summed E-state index contributed by atoms with van der Waals surface area (Å²) in [5, 5.41) is 5.83. The zero-order chi connectivity index (χ0) is 28.9. The van der Waals surface area contributed by atoms with Crippen molar-refractivity contribution in [2.24, 2.45) is 0 Å². The second-order valence-corrected chi connectivity index (χ2v) is 10.3. The zero-order valence-corrected chi connectivity index (χ0v) is 23.7. The summed E-state index contributed by atoms with van der Waals surface area (Å²) < 4.78 is 12.5. The largest absolute Gasteiger partial charge is 0.497 e. The van der Waals surface area contributed by atoms with Crippen LogP contribution in [0.4, 0.5) is 0 Å². The first-order chi connectivity index (χ1) is 19.2. The Balaban J connectivity index is 1.47. The van der Waals surface area contributed by atoms with Crippen LogP contribution < -0.4 is 20.1 Å². The van der Waals surface area contributed by atoms with Crippen LogP contribution in [-0.4, -0.2) is 57.5 Å². The molecule has 0 aliphatic carbocycles. The number of carbonyl (C=O) groups is 3. The SMILES string of the molecule is CCCN1C(=O)c2c(C(=O)NCc3ccc(OC(C)C)cc3)ncn2C[C@]1(C)C(=O)NCc1ccc(OC)cc1. The number of rotatable bonds is 11. The number of fused-ring (bicyclic) bond motifs is 1. The molecule has 10 nitrogen and oxygen atoms in total. The van der Waals surface area contributed by atoms with Gasteiger partial charge in [0.05, 0.1) is 26.1 Å². The molecule has 1 atom stereocenters. The van der Waals surface area contributed by atoms with Gasteiger partial charge in [0.2, 0.25) is 5.91 Å². The number of methoxy groups -OCH3 is 1. The fourth-order valence-electron chi connectivity index (χ4n) is 4.77. The minimum absolute atomic E-state index is 0.0477. The molecule has 0 saturated heterocycles. The molecule has 0 spiro atoms. The van der Waals surface area contributed by atoms with Crippen LogP contribution >= 0.6 is 0 Å². The van der Waals surface area contributed by atoms with E-state index >= 15 is 0 Å². The molecule has 4 rings (SSSR count). The summed E-state index contributed by atoms with van der Waals surface area (Å²) in [7, 11) is 1.60. The van der Waals surface area contributed by atoms with Crippen LogP contribution in [0, 0.1) is 0 Å². The van der Waals surface area contributed by atoms with Gasteiger partial charge in [-0.1, -0.05) is 31.2 Å². The molecule has 3 amide bonds. The van der Waals surface area contributed by atoms with Gasteiger partial charge in [-0.25, -0.2) is 4.98 Å². The summed E-state index contributed by atoms with van der Waals surface area (Å²) in [5.74, 6) is 0.364. The van der Waals surface area contributed by atoms with E-state index in [0.29, 0.717) is 19.5 Å². The third kappa shape index (κ3) is 6.11. The van der Waals surface area contributed by atoms with Gasteiger partial charge in [-0.15, -0.1) is 0 Å². The van der Waals surface area contributed by atoms with E-state index in [-0.39, 0.29) is 36.5 Å². The molecule has 1 aliphatic heterocycles. The molecule has 1 aliphatic rings. The first-order valence-corrected chi connectivity index (χ1v) is 13.5. The number of imidazole rings is 1. The van der Waals surface area contributed by atoms with Crippen molar-refractivity contribution < 1.29 is 23.9 Å². The van der Waals surface area contributed by atoms with Gasteiger partial charge in [-0.2, -0.15) is 0 Å². The van der Waals surface area contributed by atoms with Crippen LogP contribution in [0.2, 0.25) is 0 Å². The van der Waals surface area contributed by atoms with Gasteiger partial charge >= 0.3 is 0 Å². The topological polar surface area (TPSA) is 115 Å². The molecule has 40 heavy (non-hydrogen) atoms. The second kappa shape index (κ2) is 12.2. The number of hydrogen-bond acceptors (Lipinski definition) is 6. The van der Waals surface area contributed by atoms with Gasteiger partial charge in [0.15, 0.2) is 5.69 Å². The number of aromatic nitrogens is 2. The van der Waals surface area contributed by atoms with Crippen molar-refractivity contribution in [1.82, 2.24) is 25.1 Å². The molecule has 0 radical (unpaired) electrons. The molecule has 0 unspecified atom stereocenters. The van der Waals surface area contributed by atoms with Crippen molar-refractivity contribution >= 4 is 17.7 Å². The average molecular weight is 548 g/mol. The van der Waals surface area contributed by atoms with E-state index in [1.807, 2.05) is 69.3 Å². The summed E-state index contributed by atoms with van der Waals surface area (Å²) in [4.78, 5) is 46.2. The number of carbonyl (C=O) groups excluding carboxylic acids is 3. The lowest BCUT2D eigenvalue weighted by Gasteiger charge is -2.43.